The van der Waals surface area contributed by atoms with Crippen molar-refractivity contribution in [2.24, 2.45) is 5.92 Å². The third-order valence-corrected chi connectivity index (χ3v) is 7.54. The van der Waals surface area contributed by atoms with E-state index in [1.54, 1.807) is 11.3 Å². The largest absolute Gasteiger partial charge is 0.462 e. The van der Waals surface area contributed by atoms with Gasteiger partial charge in [0.05, 0.1) is 12.2 Å². The predicted octanol–water partition coefficient (Wildman–Crippen LogP) is 4.96. The smallest absolute Gasteiger partial charge is 0.341 e. The number of benzene rings is 1. The number of nitrogens with one attached hydrogen (secondary N) is 1. The van der Waals surface area contributed by atoms with Crippen molar-refractivity contribution in [1.29, 1.82) is 0 Å². The molecule has 2 heterocycles. The number of esters is 1. The molecule has 1 fully saturated rings. The summed E-state index contributed by atoms with van der Waals surface area (Å²) in [5.74, 6) is -0.271. The van der Waals surface area contributed by atoms with Crippen molar-refractivity contribution in [2.75, 3.05) is 25.0 Å². The molecule has 0 saturated carbocycles. The summed E-state index contributed by atoms with van der Waals surface area (Å²) in [6.07, 6.45) is 5.80. The van der Waals surface area contributed by atoms with Gasteiger partial charge in [0.1, 0.15) is 5.00 Å². The SMILES string of the molecule is CCOC(=O)c1c(NC(=O)C2CCN(Cc3cccc(C)c3)CC2)sc2c1CCCC2. The zero-order valence-corrected chi connectivity index (χ0v) is 19.4. The summed E-state index contributed by atoms with van der Waals surface area (Å²) in [6, 6.07) is 8.62. The van der Waals surface area contributed by atoms with Gasteiger partial charge in [0, 0.05) is 17.3 Å². The molecule has 1 amide bonds. The Hall–Kier alpha value is -2.18. The van der Waals surface area contributed by atoms with Crippen molar-refractivity contribution in [3.8, 4) is 0 Å². The van der Waals surface area contributed by atoms with Crippen molar-refractivity contribution < 1.29 is 14.3 Å². The van der Waals surface area contributed by atoms with Gasteiger partial charge in [-0.15, -0.1) is 11.3 Å². The molecular weight excluding hydrogens is 408 g/mol. The molecule has 1 N–H and O–H groups in total. The monoisotopic (exact) mass is 440 g/mol. The summed E-state index contributed by atoms with van der Waals surface area (Å²) in [7, 11) is 0. The first-order valence-corrected chi connectivity index (χ1v) is 12.3. The molecule has 31 heavy (non-hydrogen) atoms. The minimum atomic E-state index is -0.301. The van der Waals surface area contributed by atoms with Crippen molar-refractivity contribution in [3.63, 3.8) is 0 Å². The molecule has 1 aliphatic heterocycles. The molecule has 0 bridgehead atoms. The first-order chi connectivity index (χ1) is 15.0. The van der Waals surface area contributed by atoms with E-state index in [0.29, 0.717) is 17.2 Å². The zero-order chi connectivity index (χ0) is 21.8. The summed E-state index contributed by atoms with van der Waals surface area (Å²) in [5, 5.41) is 3.80. The van der Waals surface area contributed by atoms with Crippen LogP contribution in [0.1, 0.15) is 64.5 Å². The molecule has 0 atom stereocenters. The highest BCUT2D eigenvalue weighted by molar-refractivity contribution is 7.17. The van der Waals surface area contributed by atoms with E-state index in [9.17, 15) is 9.59 Å². The Balaban J connectivity index is 1.39. The number of carbonyl (C=O) groups is 2. The predicted molar refractivity (Wildman–Crippen MR) is 125 cm³/mol. The average molecular weight is 441 g/mol. The van der Waals surface area contributed by atoms with E-state index in [2.05, 4.69) is 41.4 Å². The second-order valence-electron chi connectivity index (χ2n) is 8.66. The molecule has 1 saturated heterocycles. The van der Waals surface area contributed by atoms with E-state index in [1.807, 2.05) is 6.92 Å². The van der Waals surface area contributed by atoms with Gasteiger partial charge < -0.3 is 10.1 Å². The standard InChI is InChI=1S/C25H32N2O3S/c1-3-30-25(29)22-20-9-4-5-10-21(20)31-24(22)26-23(28)19-11-13-27(14-12-19)16-18-8-6-7-17(2)15-18/h6-8,15,19H,3-5,9-14,16H2,1-2H3,(H,26,28). The topological polar surface area (TPSA) is 58.6 Å². The van der Waals surface area contributed by atoms with Crippen LogP contribution in [-0.4, -0.2) is 36.5 Å². The Morgan fingerprint density at radius 3 is 2.71 bits per heavy atom. The molecule has 0 unspecified atom stereocenters. The van der Waals surface area contributed by atoms with Gasteiger partial charge in [0.15, 0.2) is 0 Å². The number of carbonyl (C=O) groups excluding carboxylic acids is 2. The number of fused-ring (bicyclic) bond motifs is 1. The quantitative estimate of drug-likeness (QED) is 0.645. The fourth-order valence-electron chi connectivity index (χ4n) is 4.71. The van der Waals surface area contributed by atoms with Gasteiger partial charge in [-0.05, 0) is 76.6 Å². The third-order valence-electron chi connectivity index (χ3n) is 6.33. The Morgan fingerprint density at radius 2 is 1.97 bits per heavy atom. The van der Waals surface area contributed by atoms with Gasteiger partial charge in [-0.1, -0.05) is 29.8 Å². The maximum Gasteiger partial charge on any atom is 0.341 e. The molecule has 4 rings (SSSR count). The van der Waals surface area contributed by atoms with Crippen molar-refractivity contribution in [3.05, 3.63) is 51.4 Å². The highest BCUT2D eigenvalue weighted by Crippen LogP contribution is 2.39. The van der Waals surface area contributed by atoms with Crippen LogP contribution in [0, 0.1) is 12.8 Å². The van der Waals surface area contributed by atoms with Gasteiger partial charge in [-0.3, -0.25) is 9.69 Å². The maximum atomic E-state index is 13.0. The van der Waals surface area contributed by atoms with Crippen LogP contribution in [0.4, 0.5) is 5.00 Å². The molecule has 0 radical (unpaired) electrons. The highest BCUT2D eigenvalue weighted by Gasteiger charge is 2.30. The first-order valence-electron chi connectivity index (χ1n) is 11.5. The number of hydrogen-bond acceptors (Lipinski definition) is 5. The molecular formula is C25H32N2O3S. The number of aryl methyl sites for hydroxylation is 2. The van der Waals surface area contributed by atoms with Crippen LogP contribution in [0.3, 0.4) is 0 Å². The van der Waals surface area contributed by atoms with E-state index in [1.165, 1.54) is 16.0 Å². The van der Waals surface area contributed by atoms with Crippen LogP contribution in [0.2, 0.25) is 0 Å². The van der Waals surface area contributed by atoms with E-state index in [-0.39, 0.29) is 17.8 Å². The number of ether oxygens (including phenoxy) is 1. The second kappa shape index (κ2) is 9.96. The number of likely N-dealkylation sites (tertiary alicyclic amines) is 1. The van der Waals surface area contributed by atoms with Crippen LogP contribution >= 0.6 is 11.3 Å². The molecule has 5 nitrogen and oxygen atoms in total. The Kier molecular flexibility index (Phi) is 7.08. The Morgan fingerprint density at radius 1 is 1.19 bits per heavy atom. The minimum Gasteiger partial charge on any atom is -0.462 e. The fraction of sp³-hybridized carbons (Fsp3) is 0.520. The highest BCUT2D eigenvalue weighted by atomic mass is 32.1. The number of anilines is 1. The van der Waals surface area contributed by atoms with Gasteiger partial charge in [0.2, 0.25) is 5.91 Å². The summed E-state index contributed by atoms with van der Waals surface area (Å²) >= 11 is 1.57. The molecule has 1 aliphatic carbocycles. The molecule has 2 aromatic rings. The number of hydrogen-bond donors (Lipinski definition) is 1. The van der Waals surface area contributed by atoms with Gasteiger partial charge in [-0.2, -0.15) is 0 Å². The number of piperidine rings is 1. The summed E-state index contributed by atoms with van der Waals surface area (Å²) in [5.41, 5.74) is 4.30. The summed E-state index contributed by atoms with van der Waals surface area (Å²) in [4.78, 5) is 29.3. The molecule has 1 aromatic heterocycles. The lowest BCUT2D eigenvalue weighted by Gasteiger charge is -2.31. The van der Waals surface area contributed by atoms with Crippen LogP contribution < -0.4 is 5.32 Å². The average Bonchev–Trinajstić information content (AvgIpc) is 3.12. The van der Waals surface area contributed by atoms with Crippen molar-refractivity contribution >= 4 is 28.2 Å². The summed E-state index contributed by atoms with van der Waals surface area (Å²) in [6.45, 7) is 7.04. The van der Waals surface area contributed by atoms with Crippen LogP contribution in [0.5, 0.6) is 0 Å². The van der Waals surface area contributed by atoms with Gasteiger partial charge in [0.25, 0.3) is 0 Å². The second-order valence-corrected chi connectivity index (χ2v) is 9.77. The number of rotatable bonds is 6. The number of amides is 1. The lowest BCUT2D eigenvalue weighted by molar-refractivity contribution is -0.121. The molecule has 0 spiro atoms. The third kappa shape index (κ3) is 5.18. The molecule has 1 aromatic carbocycles. The zero-order valence-electron chi connectivity index (χ0n) is 18.5. The van der Waals surface area contributed by atoms with E-state index in [0.717, 1.165) is 63.7 Å². The molecule has 166 valence electrons. The van der Waals surface area contributed by atoms with Crippen LogP contribution in [0.15, 0.2) is 24.3 Å². The Bertz CT molecular complexity index is 944. The molecule has 6 heteroatoms. The van der Waals surface area contributed by atoms with Crippen LogP contribution in [0.25, 0.3) is 0 Å². The fourth-order valence-corrected chi connectivity index (χ4v) is 5.99. The normalized spacial score (nSPS) is 17.2. The van der Waals surface area contributed by atoms with Gasteiger partial charge in [-0.25, -0.2) is 4.79 Å². The maximum absolute atomic E-state index is 13.0. The van der Waals surface area contributed by atoms with E-state index < -0.39 is 0 Å². The lowest BCUT2D eigenvalue weighted by atomic mass is 9.94. The minimum absolute atomic E-state index is 0.0112. The van der Waals surface area contributed by atoms with Crippen LogP contribution in [-0.2, 0) is 28.9 Å². The first kappa shape index (κ1) is 22.0. The Labute approximate surface area is 188 Å². The number of thiophene rings is 1. The van der Waals surface area contributed by atoms with Crippen molar-refractivity contribution in [2.45, 2.75) is 58.9 Å². The number of nitrogens with zero attached hydrogens (tertiary/aromatic N) is 1. The van der Waals surface area contributed by atoms with E-state index in [4.69, 9.17) is 4.74 Å². The molecule has 2 aliphatic rings. The van der Waals surface area contributed by atoms with E-state index >= 15 is 0 Å². The lowest BCUT2D eigenvalue weighted by Crippen LogP contribution is -2.37. The van der Waals surface area contributed by atoms with Gasteiger partial charge >= 0.3 is 5.97 Å². The van der Waals surface area contributed by atoms with Crippen molar-refractivity contribution in [1.82, 2.24) is 4.90 Å². The summed E-state index contributed by atoms with van der Waals surface area (Å²) < 4.78 is 5.31.